The molecule has 0 heterocycles. The van der Waals surface area contributed by atoms with Gasteiger partial charge >= 0.3 is 0 Å². The molecule has 0 saturated heterocycles. The summed E-state index contributed by atoms with van der Waals surface area (Å²) in [6.07, 6.45) is 0. The summed E-state index contributed by atoms with van der Waals surface area (Å²) in [6, 6.07) is 7.22. The van der Waals surface area contributed by atoms with Crippen molar-refractivity contribution in [2.75, 3.05) is 0 Å². The molecule has 0 bridgehead atoms. The predicted molar refractivity (Wildman–Crippen MR) is 58.1 cm³/mol. The summed E-state index contributed by atoms with van der Waals surface area (Å²) >= 11 is 7.12. The first kappa shape index (κ1) is 11.1. The fraction of sp³-hybridized carbons (Fsp3) is 0.111. The van der Waals surface area contributed by atoms with E-state index in [1.54, 1.807) is 6.07 Å². The van der Waals surface area contributed by atoms with Gasteiger partial charge in [0.15, 0.2) is 0 Å². The topological polar surface area (TPSA) is 43.1 Å². The van der Waals surface area contributed by atoms with Gasteiger partial charge in [0.1, 0.15) is 0 Å². The molecule has 1 rings (SSSR count). The highest BCUT2D eigenvalue weighted by Crippen LogP contribution is 2.28. The summed E-state index contributed by atoms with van der Waals surface area (Å²) in [7, 11) is 0. The van der Waals surface area contributed by atoms with Crippen molar-refractivity contribution >= 4 is 23.4 Å². The molecule has 0 radical (unpaired) electrons. The minimum Gasteiger partial charge on any atom is -0.259 e. The van der Waals surface area contributed by atoms with Crippen LogP contribution in [0.15, 0.2) is 40.3 Å². The molecule has 1 aromatic rings. The van der Waals surface area contributed by atoms with E-state index in [-0.39, 0.29) is 5.70 Å². The summed E-state index contributed by atoms with van der Waals surface area (Å²) in [6.45, 7) is 1.45. The van der Waals surface area contributed by atoms with Crippen molar-refractivity contribution in [1.29, 1.82) is 0 Å². The minimum atomic E-state index is -0.427. The van der Waals surface area contributed by atoms with Crippen LogP contribution < -0.4 is 0 Å². The Morgan fingerprint density at radius 1 is 1.57 bits per heavy atom. The predicted octanol–water partition coefficient (Wildman–Crippen LogP) is 3.57. The first-order chi connectivity index (χ1) is 6.61. The molecular formula is C9H8ClNO2S. The molecule has 0 unspecified atom stereocenters. The average molecular weight is 230 g/mol. The van der Waals surface area contributed by atoms with Crippen LogP contribution in [0, 0.1) is 10.1 Å². The molecule has 0 spiro atoms. The number of rotatable bonds is 3. The van der Waals surface area contributed by atoms with Crippen molar-refractivity contribution in [2.24, 2.45) is 0 Å². The van der Waals surface area contributed by atoms with Crippen LogP contribution in [0.3, 0.4) is 0 Å². The van der Waals surface area contributed by atoms with Crippen molar-refractivity contribution in [3.63, 3.8) is 0 Å². The third-order valence-corrected chi connectivity index (χ3v) is 2.99. The van der Waals surface area contributed by atoms with Gasteiger partial charge in [-0.1, -0.05) is 35.5 Å². The summed E-state index contributed by atoms with van der Waals surface area (Å²) in [5.74, 6) is 0. The Bertz CT molecular complexity index is 379. The monoisotopic (exact) mass is 229 g/mol. The lowest BCUT2D eigenvalue weighted by molar-refractivity contribution is -0.424. The van der Waals surface area contributed by atoms with Gasteiger partial charge in [-0.15, -0.1) is 0 Å². The Hall–Kier alpha value is -1.00. The van der Waals surface area contributed by atoms with Crippen LogP contribution in [0.1, 0.15) is 6.92 Å². The van der Waals surface area contributed by atoms with Gasteiger partial charge in [0.2, 0.25) is 5.70 Å². The number of thioether (sulfide) groups is 1. The van der Waals surface area contributed by atoms with Gasteiger partial charge in [0.25, 0.3) is 0 Å². The fourth-order valence-corrected chi connectivity index (χ4v) is 1.72. The van der Waals surface area contributed by atoms with E-state index >= 15 is 0 Å². The molecule has 14 heavy (non-hydrogen) atoms. The second kappa shape index (κ2) is 5.02. The first-order valence-corrected chi connectivity index (χ1v) is 5.09. The Kier molecular flexibility index (Phi) is 3.98. The number of nitro groups is 1. The van der Waals surface area contributed by atoms with Crippen LogP contribution >= 0.6 is 23.4 Å². The molecule has 0 atom stereocenters. The maximum atomic E-state index is 10.3. The van der Waals surface area contributed by atoms with E-state index in [1.165, 1.54) is 24.1 Å². The largest absolute Gasteiger partial charge is 0.259 e. The van der Waals surface area contributed by atoms with Crippen LogP contribution in [0.5, 0.6) is 0 Å². The standard InChI is InChI=1S/C9H8ClNO2S/c1-7(11(12)13)6-14-9-5-3-2-4-8(9)10/h2-6H,1H3. The fourth-order valence-electron chi connectivity index (χ4n) is 0.732. The number of hydrogen-bond donors (Lipinski definition) is 0. The number of hydrogen-bond acceptors (Lipinski definition) is 3. The Morgan fingerprint density at radius 2 is 2.21 bits per heavy atom. The van der Waals surface area contributed by atoms with Crippen molar-refractivity contribution in [3.8, 4) is 0 Å². The van der Waals surface area contributed by atoms with E-state index in [0.29, 0.717) is 5.02 Å². The Balaban J connectivity index is 2.76. The molecular weight excluding hydrogens is 222 g/mol. The van der Waals surface area contributed by atoms with E-state index < -0.39 is 4.92 Å². The van der Waals surface area contributed by atoms with Gasteiger partial charge < -0.3 is 0 Å². The molecule has 3 nitrogen and oxygen atoms in total. The maximum absolute atomic E-state index is 10.3. The molecule has 0 saturated carbocycles. The van der Waals surface area contributed by atoms with Gasteiger partial charge in [-0.2, -0.15) is 0 Å². The van der Waals surface area contributed by atoms with E-state index in [0.717, 1.165) is 4.90 Å². The van der Waals surface area contributed by atoms with Crippen LogP contribution in [-0.4, -0.2) is 4.92 Å². The third-order valence-electron chi connectivity index (χ3n) is 1.48. The molecule has 0 aromatic heterocycles. The van der Waals surface area contributed by atoms with Crippen molar-refractivity contribution in [2.45, 2.75) is 11.8 Å². The zero-order valence-electron chi connectivity index (χ0n) is 7.44. The number of nitrogens with zero attached hydrogens (tertiary/aromatic N) is 1. The lowest BCUT2D eigenvalue weighted by atomic mass is 10.4. The van der Waals surface area contributed by atoms with Crippen molar-refractivity contribution in [1.82, 2.24) is 0 Å². The number of allylic oxidation sites excluding steroid dienone is 1. The summed E-state index contributed by atoms with van der Waals surface area (Å²) in [5, 5.41) is 12.4. The highest BCUT2D eigenvalue weighted by molar-refractivity contribution is 8.02. The van der Waals surface area contributed by atoms with Crippen LogP contribution in [-0.2, 0) is 0 Å². The van der Waals surface area contributed by atoms with Crippen molar-refractivity contribution in [3.05, 3.63) is 50.5 Å². The highest BCUT2D eigenvalue weighted by Gasteiger charge is 2.03. The van der Waals surface area contributed by atoms with Gasteiger partial charge in [-0.05, 0) is 12.1 Å². The van der Waals surface area contributed by atoms with Crippen LogP contribution in [0.25, 0.3) is 0 Å². The zero-order chi connectivity index (χ0) is 10.6. The average Bonchev–Trinajstić information content (AvgIpc) is 2.16. The highest BCUT2D eigenvalue weighted by atomic mass is 35.5. The van der Waals surface area contributed by atoms with Gasteiger partial charge in [-0.25, -0.2) is 0 Å². The molecule has 0 aliphatic heterocycles. The smallest absolute Gasteiger partial charge is 0.249 e. The summed E-state index contributed by atoms with van der Waals surface area (Å²) in [4.78, 5) is 10.7. The Labute approximate surface area is 90.9 Å². The number of benzene rings is 1. The minimum absolute atomic E-state index is 0.106. The lowest BCUT2D eigenvalue weighted by Crippen LogP contribution is -1.91. The number of halogens is 1. The van der Waals surface area contributed by atoms with E-state index in [9.17, 15) is 10.1 Å². The van der Waals surface area contributed by atoms with Crippen LogP contribution in [0.4, 0.5) is 0 Å². The molecule has 0 N–H and O–H groups in total. The van der Waals surface area contributed by atoms with Crippen molar-refractivity contribution < 1.29 is 4.92 Å². The second-order valence-electron chi connectivity index (χ2n) is 2.56. The van der Waals surface area contributed by atoms with E-state index in [4.69, 9.17) is 11.6 Å². The molecule has 0 aliphatic rings. The molecule has 1 aromatic carbocycles. The first-order valence-electron chi connectivity index (χ1n) is 3.83. The van der Waals surface area contributed by atoms with E-state index in [1.807, 2.05) is 18.2 Å². The normalized spacial score (nSPS) is 11.4. The molecule has 5 heteroatoms. The second-order valence-corrected chi connectivity index (χ2v) is 3.88. The van der Waals surface area contributed by atoms with Gasteiger partial charge in [-0.3, -0.25) is 10.1 Å². The van der Waals surface area contributed by atoms with Gasteiger partial charge in [0.05, 0.1) is 9.95 Å². The van der Waals surface area contributed by atoms with Gasteiger partial charge in [0, 0.05) is 17.2 Å². The third kappa shape index (κ3) is 3.05. The SMILES string of the molecule is CC(=CSc1ccccc1Cl)[N+](=O)[O-]. The summed E-state index contributed by atoms with van der Waals surface area (Å²) < 4.78 is 0. The quantitative estimate of drug-likeness (QED) is 0.452. The molecule has 0 amide bonds. The maximum Gasteiger partial charge on any atom is 0.249 e. The lowest BCUT2D eigenvalue weighted by Gasteiger charge is -1.97. The summed E-state index contributed by atoms with van der Waals surface area (Å²) in [5.41, 5.74) is 0.106. The molecule has 0 aliphatic carbocycles. The molecule has 74 valence electrons. The zero-order valence-corrected chi connectivity index (χ0v) is 9.01. The van der Waals surface area contributed by atoms with E-state index in [2.05, 4.69) is 0 Å². The Morgan fingerprint density at radius 3 is 2.79 bits per heavy atom. The van der Waals surface area contributed by atoms with Crippen LogP contribution in [0.2, 0.25) is 5.02 Å². The molecule has 0 fully saturated rings.